The molecule has 0 aliphatic rings. The number of hydrogen-bond donors (Lipinski definition) is 0. The van der Waals surface area contributed by atoms with Crippen LogP contribution in [0.5, 0.6) is 0 Å². The van der Waals surface area contributed by atoms with Crippen molar-refractivity contribution < 1.29 is 33.6 Å². The smallest absolute Gasteiger partial charge is 0.550 e. The van der Waals surface area contributed by atoms with Crippen LogP contribution in [0.2, 0.25) is 0 Å². The molecule has 0 atom stereocenters. The number of Topliss-reactive ketones (excluding diaryl/α,β-unsaturated/α-hetero) is 1. The van der Waals surface area contributed by atoms with Gasteiger partial charge in [-0.25, -0.2) is 0 Å². The molecule has 0 aromatic rings. The molecule has 0 amide bonds. The SMILES string of the molecule is C[13C](=O)CC(=O)[O-].[Li+]. The van der Waals surface area contributed by atoms with E-state index in [2.05, 4.69) is 0 Å². The van der Waals surface area contributed by atoms with Gasteiger partial charge in [0.15, 0.2) is 0 Å². The normalized spacial score (nSPS) is 7.12. The van der Waals surface area contributed by atoms with Crippen LogP contribution < -0.4 is 24.0 Å². The van der Waals surface area contributed by atoms with Crippen LogP contribution in [0.1, 0.15) is 13.3 Å². The summed E-state index contributed by atoms with van der Waals surface area (Å²) in [5, 5.41) is 9.48. The van der Waals surface area contributed by atoms with E-state index in [1.165, 1.54) is 6.92 Å². The van der Waals surface area contributed by atoms with Crippen LogP contribution in [0.25, 0.3) is 0 Å². The van der Waals surface area contributed by atoms with Crippen molar-refractivity contribution >= 4 is 11.8 Å². The van der Waals surface area contributed by atoms with Crippen molar-refractivity contribution in [2.24, 2.45) is 0 Å². The van der Waals surface area contributed by atoms with Crippen LogP contribution >= 0.6 is 0 Å². The van der Waals surface area contributed by atoms with Crippen molar-refractivity contribution in [2.45, 2.75) is 13.3 Å². The van der Waals surface area contributed by atoms with Crippen molar-refractivity contribution in [1.29, 1.82) is 0 Å². The van der Waals surface area contributed by atoms with E-state index >= 15 is 0 Å². The molecule has 0 N–H and O–H groups in total. The summed E-state index contributed by atoms with van der Waals surface area (Å²) >= 11 is 0. The molecule has 4 heteroatoms. The van der Waals surface area contributed by atoms with E-state index < -0.39 is 12.4 Å². The summed E-state index contributed by atoms with van der Waals surface area (Å²) in [6.07, 6.45) is -0.472. The maximum atomic E-state index is 9.83. The maximum Gasteiger partial charge on any atom is 1.00 e. The summed E-state index contributed by atoms with van der Waals surface area (Å²) in [6, 6.07) is 0. The predicted molar refractivity (Wildman–Crippen MR) is 20.3 cm³/mol. The van der Waals surface area contributed by atoms with Crippen molar-refractivity contribution in [2.75, 3.05) is 0 Å². The number of carboxylic acid groups (broad SMARTS) is 1. The fourth-order valence-corrected chi connectivity index (χ4v) is 0.203. The van der Waals surface area contributed by atoms with Crippen LogP contribution in [0.15, 0.2) is 0 Å². The number of aliphatic carboxylic acids is 1. The molecular formula is C4H5LiO3. The molecule has 0 aromatic carbocycles. The Hall–Kier alpha value is -0.263. The zero-order valence-corrected chi connectivity index (χ0v) is 4.93. The minimum absolute atomic E-state index is 0. The third-order valence-electron chi connectivity index (χ3n) is 0.393. The Kier molecular flexibility index (Phi) is 6.52. The third kappa shape index (κ3) is 9.22. The van der Waals surface area contributed by atoms with Gasteiger partial charge >= 0.3 is 18.9 Å². The number of hydrogen-bond acceptors (Lipinski definition) is 3. The van der Waals surface area contributed by atoms with E-state index in [4.69, 9.17) is 0 Å². The summed E-state index contributed by atoms with van der Waals surface area (Å²) in [5.41, 5.74) is 0. The van der Waals surface area contributed by atoms with Crippen LogP contribution in [-0.4, -0.2) is 11.8 Å². The van der Waals surface area contributed by atoms with Crippen LogP contribution in [-0.2, 0) is 9.59 Å². The van der Waals surface area contributed by atoms with E-state index in [1.54, 1.807) is 0 Å². The standard InChI is InChI=1S/C4H6O3.Li/c1-3(5)2-4(6)7;/h2H2,1H3,(H,6,7);/q;+1/p-1/i3+1;. The molecule has 0 rings (SSSR count). The second-order valence-corrected chi connectivity index (χ2v) is 1.25. The third-order valence-corrected chi connectivity index (χ3v) is 0.393. The van der Waals surface area contributed by atoms with Crippen LogP contribution in [0.3, 0.4) is 0 Å². The second kappa shape index (κ2) is 4.89. The average molecular weight is 109 g/mol. The minimum Gasteiger partial charge on any atom is -0.550 e. The van der Waals surface area contributed by atoms with Gasteiger partial charge in [0.1, 0.15) is 5.78 Å². The fraction of sp³-hybridized carbons (Fsp3) is 0.500. The molecule has 3 nitrogen and oxygen atoms in total. The zero-order chi connectivity index (χ0) is 5.86. The molecule has 0 saturated heterocycles. The molecule has 0 aromatic heterocycles. The monoisotopic (exact) mass is 109 g/mol. The Bertz CT molecular complexity index is 87.5. The van der Waals surface area contributed by atoms with Gasteiger partial charge in [-0.1, -0.05) is 0 Å². The van der Waals surface area contributed by atoms with Crippen molar-refractivity contribution in [1.82, 2.24) is 0 Å². The number of carboxylic acids is 1. The van der Waals surface area contributed by atoms with Gasteiger partial charge in [0.2, 0.25) is 0 Å². The predicted octanol–water partition coefficient (Wildman–Crippen LogP) is -4.28. The molecule has 0 fully saturated rings. The molecule has 0 saturated carbocycles. The van der Waals surface area contributed by atoms with Crippen LogP contribution in [0, 0.1) is 0 Å². The maximum absolute atomic E-state index is 9.83. The Labute approximate surface area is 59.2 Å². The minimum atomic E-state index is -1.31. The first kappa shape index (κ1) is 10.7. The summed E-state index contributed by atoms with van der Waals surface area (Å²) < 4.78 is 0. The van der Waals surface area contributed by atoms with E-state index in [0.29, 0.717) is 0 Å². The van der Waals surface area contributed by atoms with E-state index in [0.717, 1.165) is 0 Å². The molecule has 0 spiro atoms. The van der Waals surface area contributed by atoms with Gasteiger partial charge in [-0.2, -0.15) is 0 Å². The first-order valence-electron chi connectivity index (χ1n) is 1.82. The number of rotatable bonds is 2. The summed E-state index contributed by atoms with van der Waals surface area (Å²) in [5.74, 6) is -1.69. The van der Waals surface area contributed by atoms with Gasteiger partial charge < -0.3 is 9.90 Å². The van der Waals surface area contributed by atoms with Gasteiger partial charge in [0, 0.05) is 12.4 Å². The average Bonchev–Trinajstić information content (AvgIpc) is 1.27. The van der Waals surface area contributed by atoms with E-state index in [-0.39, 0.29) is 24.6 Å². The molecule has 0 unspecified atom stereocenters. The van der Waals surface area contributed by atoms with Gasteiger partial charge in [-0.05, 0) is 6.92 Å². The van der Waals surface area contributed by atoms with Crippen molar-refractivity contribution in [3.63, 3.8) is 0 Å². The summed E-state index contributed by atoms with van der Waals surface area (Å²) in [6.45, 7) is 1.20. The topological polar surface area (TPSA) is 57.2 Å². The summed E-state index contributed by atoms with van der Waals surface area (Å²) in [4.78, 5) is 19.3. The quantitative estimate of drug-likeness (QED) is 0.205. The molecule has 0 bridgehead atoms. The van der Waals surface area contributed by atoms with Gasteiger partial charge in [-0.3, -0.25) is 4.79 Å². The first-order valence-corrected chi connectivity index (χ1v) is 1.82. The Balaban J connectivity index is 0. The van der Waals surface area contributed by atoms with E-state index in [9.17, 15) is 14.7 Å². The Morgan fingerprint density at radius 3 is 1.88 bits per heavy atom. The molecule has 0 aliphatic carbocycles. The molecule has 8 heavy (non-hydrogen) atoms. The number of carbonyl (C=O) groups excluding carboxylic acids is 2. The first-order chi connectivity index (χ1) is 3.13. The second-order valence-electron chi connectivity index (χ2n) is 1.25. The summed E-state index contributed by atoms with van der Waals surface area (Å²) in [7, 11) is 0. The number of carbonyl (C=O) groups is 2. The Morgan fingerprint density at radius 2 is 1.88 bits per heavy atom. The van der Waals surface area contributed by atoms with Crippen molar-refractivity contribution in [3.05, 3.63) is 0 Å². The van der Waals surface area contributed by atoms with Crippen molar-refractivity contribution in [3.8, 4) is 0 Å². The Morgan fingerprint density at radius 1 is 1.50 bits per heavy atom. The fourth-order valence-electron chi connectivity index (χ4n) is 0.203. The largest absolute Gasteiger partial charge is 1.00 e. The molecule has 0 heterocycles. The van der Waals surface area contributed by atoms with Gasteiger partial charge in [0.05, 0.1) is 0 Å². The molecule has 40 valence electrons. The molecular weight excluding hydrogens is 104 g/mol. The van der Waals surface area contributed by atoms with E-state index in [1.807, 2.05) is 0 Å². The number of ketones is 1. The van der Waals surface area contributed by atoms with Crippen LogP contribution in [0.4, 0.5) is 0 Å². The zero-order valence-electron chi connectivity index (χ0n) is 4.93. The molecule has 0 aliphatic heterocycles. The molecule has 0 radical (unpaired) electrons. The van der Waals surface area contributed by atoms with Gasteiger partial charge in [-0.15, -0.1) is 0 Å². The van der Waals surface area contributed by atoms with Gasteiger partial charge in [0.25, 0.3) is 0 Å².